The van der Waals surface area contributed by atoms with E-state index in [4.69, 9.17) is 11.6 Å². The van der Waals surface area contributed by atoms with Crippen molar-refractivity contribution in [1.29, 1.82) is 0 Å². The lowest BCUT2D eigenvalue weighted by Gasteiger charge is -2.05. The second-order valence-electron chi connectivity index (χ2n) is 3.82. The number of halogens is 1. The first-order chi connectivity index (χ1) is 8.74. The van der Waals surface area contributed by atoms with Gasteiger partial charge in [0.1, 0.15) is 0 Å². The van der Waals surface area contributed by atoms with Gasteiger partial charge >= 0.3 is 0 Å². The lowest BCUT2D eigenvalue weighted by Crippen LogP contribution is -2.28. The molecule has 0 aliphatic carbocycles. The first-order valence-corrected chi connectivity index (χ1v) is 5.97. The van der Waals surface area contributed by atoms with Crippen LogP contribution in [0.15, 0.2) is 36.7 Å². The minimum absolute atomic E-state index is 0.0163. The Morgan fingerprint density at radius 2 is 2.11 bits per heavy atom. The Morgan fingerprint density at radius 3 is 2.78 bits per heavy atom. The highest BCUT2D eigenvalue weighted by Gasteiger charge is 2.02. The van der Waals surface area contributed by atoms with Crippen LogP contribution in [0.3, 0.4) is 0 Å². The van der Waals surface area contributed by atoms with Crippen molar-refractivity contribution in [1.82, 2.24) is 20.3 Å². The molecule has 0 bridgehead atoms. The Morgan fingerprint density at radius 1 is 1.33 bits per heavy atom. The van der Waals surface area contributed by atoms with Crippen molar-refractivity contribution < 1.29 is 4.79 Å². The molecule has 1 amide bonds. The first-order valence-electron chi connectivity index (χ1n) is 5.59. The summed E-state index contributed by atoms with van der Waals surface area (Å²) in [5.74, 6) is -0.0163. The third-order valence-corrected chi connectivity index (χ3v) is 2.66. The van der Waals surface area contributed by atoms with E-state index in [1.54, 1.807) is 29.2 Å². The molecule has 0 saturated heterocycles. The average Bonchev–Trinajstić information content (AvgIpc) is 2.85. The molecule has 94 valence electrons. The molecule has 2 rings (SSSR count). The molecule has 0 atom stereocenters. The number of rotatable bonds is 5. The number of carbonyl (C=O) groups excluding carboxylic acids is 1. The van der Waals surface area contributed by atoms with Gasteiger partial charge < -0.3 is 5.32 Å². The van der Waals surface area contributed by atoms with Gasteiger partial charge in [-0.1, -0.05) is 28.9 Å². The smallest absolute Gasteiger partial charge is 0.224 e. The zero-order valence-corrected chi connectivity index (χ0v) is 10.5. The number of nitrogens with zero attached hydrogens (tertiary/aromatic N) is 3. The van der Waals surface area contributed by atoms with Crippen LogP contribution in [-0.2, 0) is 17.8 Å². The second-order valence-corrected chi connectivity index (χ2v) is 4.26. The molecule has 0 spiro atoms. The van der Waals surface area contributed by atoms with Crippen LogP contribution in [0.4, 0.5) is 0 Å². The van der Waals surface area contributed by atoms with Crippen LogP contribution < -0.4 is 5.32 Å². The summed E-state index contributed by atoms with van der Waals surface area (Å²) in [4.78, 5) is 11.6. The van der Waals surface area contributed by atoms with Crippen LogP contribution in [0.5, 0.6) is 0 Å². The van der Waals surface area contributed by atoms with Crippen molar-refractivity contribution in [2.45, 2.75) is 13.0 Å². The lowest BCUT2D eigenvalue weighted by atomic mass is 10.1. The highest BCUT2D eigenvalue weighted by Crippen LogP contribution is 2.09. The normalized spacial score (nSPS) is 10.3. The molecule has 18 heavy (non-hydrogen) atoms. The summed E-state index contributed by atoms with van der Waals surface area (Å²) in [6, 6.07) is 7.25. The van der Waals surface area contributed by atoms with E-state index >= 15 is 0 Å². The average molecular weight is 265 g/mol. The predicted molar refractivity (Wildman–Crippen MR) is 68.2 cm³/mol. The number of nitrogens with one attached hydrogen (secondary N) is 1. The molecule has 0 radical (unpaired) electrons. The van der Waals surface area contributed by atoms with Gasteiger partial charge in [-0.25, -0.2) is 0 Å². The van der Waals surface area contributed by atoms with E-state index < -0.39 is 0 Å². The third-order valence-electron chi connectivity index (χ3n) is 2.41. The molecule has 0 aliphatic heterocycles. The molecule has 0 fully saturated rings. The first kappa shape index (κ1) is 12.6. The maximum absolute atomic E-state index is 11.6. The minimum Gasteiger partial charge on any atom is -0.354 e. The molecular weight excluding hydrogens is 252 g/mol. The van der Waals surface area contributed by atoms with Crippen LogP contribution >= 0.6 is 11.6 Å². The van der Waals surface area contributed by atoms with Gasteiger partial charge in [0, 0.05) is 17.8 Å². The Kier molecular flexibility index (Phi) is 4.30. The fraction of sp³-hybridized carbons (Fsp3) is 0.250. The highest BCUT2D eigenvalue weighted by atomic mass is 35.5. The molecule has 1 aromatic heterocycles. The summed E-state index contributed by atoms with van der Waals surface area (Å²) in [7, 11) is 0. The lowest BCUT2D eigenvalue weighted by molar-refractivity contribution is -0.120. The third kappa shape index (κ3) is 3.85. The molecule has 5 nitrogen and oxygen atoms in total. The number of hydrogen-bond acceptors (Lipinski definition) is 3. The zero-order valence-electron chi connectivity index (χ0n) is 9.71. The molecule has 2 aromatic rings. The Bertz CT molecular complexity index is 495. The Labute approximate surface area is 110 Å². The van der Waals surface area contributed by atoms with Gasteiger partial charge in [-0.2, -0.15) is 0 Å². The molecule has 0 saturated carbocycles. The Balaban J connectivity index is 1.73. The van der Waals surface area contributed by atoms with Gasteiger partial charge in [0.05, 0.1) is 19.2 Å². The molecule has 1 heterocycles. The van der Waals surface area contributed by atoms with Gasteiger partial charge in [0.2, 0.25) is 5.91 Å². The van der Waals surface area contributed by atoms with Crippen LogP contribution in [0, 0.1) is 0 Å². The van der Waals surface area contributed by atoms with Crippen LogP contribution in [0.1, 0.15) is 5.56 Å². The topological polar surface area (TPSA) is 59.8 Å². The molecule has 6 heteroatoms. The molecule has 1 N–H and O–H groups in total. The van der Waals surface area contributed by atoms with Crippen molar-refractivity contribution in [3.8, 4) is 0 Å². The predicted octanol–water partition coefficient (Wildman–Crippen LogP) is 1.29. The fourth-order valence-electron chi connectivity index (χ4n) is 1.51. The summed E-state index contributed by atoms with van der Waals surface area (Å²) in [5, 5.41) is 11.0. The van der Waals surface area contributed by atoms with Crippen molar-refractivity contribution >= 4 is 17.5 Å². The molecule has 0 unspecified atom stereocenters. The number of amides is 1. The van der Waals surface area contributed by atoms with Crippen LogP contribution in [-0.4, -0.2) is 27.4 Å². The van der Waals surface area contributed by atoms with E-state index in [1.165, 1.54) is 0 Å². The molecule has 1 aromatic carbocycles. The van der Waals surface area contributed by atoms with Gasteiger partial charge in [-0.15, -0.1) is 5.10 Å². The monoisotopic (exact) mass is 264 g/mol. The second kappa shape index (κ2) is 6.16. The zero-order chi connectivity index (χ0) is 12.8. The van der Waals surface area contributed by atoms with E-state index in [0.717, 1.165) is 5.56 Å². The molecular formula is C12H13ClN4O. The van der Waals surface area contributed by atoms with Crippen molar-refractivity contribution in [3.05, 3.63) is 47.2 Å². The van der Waals surface area contributed by atoms with Crippen LogP contribution in [0.25, 0.3) is 0 Å². The fourth-order valence-corrected chi connectivity index (χ4v) is 1.64. The standard InChI is InChI=1S/C12H13ClN4O/c13-11-3-1-10(2-4-11)9-12(18)14-5-7-17-8-6-15-16-17/h1-4,6,8H,5,7,9H2,(H,14,18). The van der Waals surface area contributed by atoms with E-state index in [0.29, 0.717) is 24.5 Å². The number of aromatic nitrogens is 3. The van der Waals surface area contributed by atoms with E-state index in [1.807, 2.05) is 12.1 Å². The maximum atomic E-state index is 11.6. The number of benzene rings is 1. The highest BCUT2D eigenvalue weighted by molar-refractivity contribution is 6.30. The van der Waals surface area contributed by atoms with Crippen molar-refractivity contribution in [2.75, 3.05) is 6.54 Å². The van der Waals surface area contributed by atoms with Crippen molar-refractivity contribution in [2.24, 2.45) is 0 Å². The minimum atomic E-state index is -0.0163. The van der Waals surface area contributed by atoms with Crippen molar-refractivity contribution in [3.63, 3.8) is 0 Å². The van der Waals surface area contributed by atoms with E-state index in [-0.39, 0.29) is 5.91 Å². The van der Waals surface area contributed by atoms with Gasteiger partial charge in [-0.05, 0) is 17.7 Å². The Hall–Kier alpha value is -1.88. The summed E-state index contributed by atoms with van der Waals surface area (Å²) < 4.78 is 1.67. The quantitative estimate of drug-likeness (QED) is 0.885. The molecule has 0 aliphatic rings. The largest absolute Gasteiger partial charge is 0.354 e. The van der Waals surface area contributed by atoms with Crippen LogP contribution in [0.2, 0.25) is 5.02 Å². The number of hydrogen-bond donors (Lipinski definition) is 1. The summed E-state index contributed by atoms with van der Waals surface area (Å²) >= 11 is 5.77. The summed E-state index contributed by atoms with van der Waals surface area (Å²) in [6.07, 6.45) is 3.72. The van der Waals surface area contributed by atoms with Gasteiger partial charge in [0.25, 0.3) is 0 Å². The van der Waals surface area contributed by atoms with E-state index in [2.05, 4.69) is 15.6 Å². The van der Waals surface area contributed by atoms with E-state index in [9.17, 15) is 4.79 Å². The summed E-state index contributed by atoms with van der Waals surface area (Å²) in [5.41, 5.74) is 0.942. The van der Waals surface area contributed by atoms with Gasteiger partial charge in [-0.3, -0.25) is 9.48 Å². The maximum Gasteiger partial charge on any atom is 0.224 e. The van der Waals surface area contributed by atoms with Gasteiger partial charge in [0.15, 0.2) is 0 Å². The number of carbonyl (C=O) groups is 1. The summed E-state index contributed by atoms with van der Waals surface area (Å²) in [6.45, 7) is 1.15. The SMILES string of the molecule is O=C(Cc1ccc(Cl)cc1)NCCn1ccnn1.